The quantitative estimate of drug-likeness (QED) is 0.569. The number of carbonyl (C=O) groups is 1. The number of hydrogen-bond acceptors (Lipinski definition) is 3. The number of amidine groups is 1. The van der Waals surface area contributed by atoms with Crippen LogP contribution in [0.1, 0.15) is 19.3 Å². The lowest BCUT2D eigenvalue weighted by molar-refractivity contribution is 0.243. The SMILES string of the molecule is CN1CCCC2(CC1)NC(=O)N=C2N. The van der Waals surface area contributed by atoms with Crippen molar-refractivity contribution in [3.05, 3.63) is 0 Å². The number of hydrogen-bond donors (Lipinski definition) is 2. The molecule has 0 aromatic carbocycles. The van der Waals surface area contributed by atoms with Crippen molar-refractivity contribution in [1.82, 2.24) is 10.2 Å². The Labute approximate surface area is 83.4 Å². The zero-order chi connectivity index (χ0) is 10.2. The lowest BCUT2D eigenvalue weighted by Crippen LogP contribution is -2.52. The van der Waals surface area contributed by atoms with Crippen LogP contribution in [0, 0.1) is 0 Å². The van der Waals surface area contributed by atoms with E-state index in [9.17, 15) is 4.79 Å². The molecule has 0 saturated carbocycles. The molecule has 78 valence electrons. The van der Waals surface area contributed by atoms with E-state index in [1.165, 1.54) is 0 Å². The summed E-state index contributed by atoms with van der Waals surface area (Å²) in [6, 6.07) is -0.285. The molecular weight excluding hydrogens is 180 g/mol. The summed E-state index contributed by atoms with van der Waals surface area (Å²) in [5.41, 5.74) is 5.45. The van der Waals surface area contributed by atoms with Crippen LogP contribution in [0.4, 0.5) is 4.79 Å². The van der Waals surface area contributed by atoms with Gasteiger partial charge in [0, 0.05) is 6.54 Å². The van der Waals surface area contributed by atoms with Gasteiger partial charge in [-0.25, -0.2) is 4.79 Å². The molecule has 1 spiro atoms. The van der Waals surface area contributed by atoms with Gasteiger partial charge in [-0.15, -0.1) is 0 Å². The Bertz CT molecular complexity index is 289. The highest BCUT2D eigenvalue weighted by molar-refractivity contribution is 6.05. The molecule has 2 amide bonds. The van der Waals surface area contributed by atoms with E-state index in [0.717, 1.165) is 32.4 Å². The van der Waals surface area contributed by atoms with Crippen LogP contribution in [-0.4, -0.2) is 42.4 Å². The summed E-state index contributed by atoms with van der Waals surface area (Å²) in [4.78, 5) is 17.1. The van der Waals surface area contributed by atoms with Crippen molar-refractivity contribution in [3.63, 3.8) is 0 Å². The van der Waals surface area contributed by atoms with Gasteiger partial charge in [-0.05, 0) is 32.9 Å². The van der Waals surface area contributed by atoms with Crippen LogP contribution in [-0.2, 0) is 0 Å². The third kappa shape index (κ3) is 1.48. The van der Waals surface area contributed by atoms with E-state index < -0.39 is 0 Å². The molecule has 0 aromatic heterocycles. The molecule has 2 heterocycles. The summed E-state index contributed by atoms with van der Waals surface area (Å²) in [6.07, 6.45) is 2.82. The summed E-state index contributed by atoms with van der Waals surface area (Å²) in [5, 5.41) is 2.89. The molecule has 0 aliphatic carbocycles. The minimum Gasteiger partial charge on any atom is -0.385 e. The van der Waals surface area contributed by atoms with E-state index in [2.05, 4.69) is 22.3 Å². The summed E-state index contributed by atoms with van der Waals surface area (Å²) < 4.78 is 0. The summed E-state index contributed by atoms with van der Waals surface area (Å²) in [5.74, 6) is 0.470. The number of likely N-dealkylation sites (tertiary alicyclic amines) is 1. The lowest BCUT2D eigenvalue weighted by Gasteiger charge is -2.27. The number of carbonyl (C=O) groups excluding carboxylic acids is 1. The third-order valence-corrected chi connectivity index (χ3v) is 3.12. The second kappa shape index (κ2) is 3.24. The normalized spacial score (nSPS) is 34.1. The van der Waals surface area contributed by atoms with Crippen LogP contribution < -0.4 is 11.1 Å². The minimum absolute atomic E-state index is 0.285. The maximum atomic E-state index is 11.1. The second-order valence-corrected chi connectivity index (χ2v) is 4.17. The van der Waals surface area contributed by atoms with Crippen molar-refractivity contribution >= 4 is 11.9 Å². The Balaban J connectivity index is 2.16. The first-order valence-electron chi connectivity index (χ1n) is 4.98. The molecule has 1 atom stereocenters. The second-order valence-electron chi connectivity index (χ2n) is 4.17. The number of amides is 2. The summed E-state index contributed by atoms with van der Waals surface area (Å²) in [7, 11) is 2.09. The first-order chi connectivity index (χ1) is 6.62. The van der Waals surface area contributed by atoms with E-state index in [4.69, 9.17) is 5.73 Å². The molecule has 0 aromatic rings. The topological polar surface area (TPSA) is 70.7 Å². The van der Waals surface area contributed by atoms with Crippen LogP contribution >= 0.6 is 0 Å². The highest BCUT2D eigenvalue weighted by Crippen LogP contribution is 2.25. The Morgan fingerprint density at radius 2 is 2.29 bits per heavy atom. The fourth-order valence-electron chi connectivity index (χ4n) is 2.16. The molecule has 5 nitrogen and oxygen atoms in total. The Kier molecular flexibility index (Phi) is 2.19. The van der Waals surface area contributed by atoms with Crippen molar-refractivity contribution in [2.75, 3.05) is 20.1 Å². The van der Waals surface area contributed by atoms with Gasteiger partial charge >= 0.3 is 6.03 Å². The molecule has 2 aliphatic rings. The fraction of sp³-hybridized carbons (Fsp3) is 0.778. The van der Waals surface area contributed by atoms with Gasteiger partial charge in [0.1, 0.15) is 11.4 Å². The van der Waals surface area contributed by atoms with Crippen LogP contribution in [0.5, 0.6) is 0 Å². The van der Waals surface area contributed by atoms with E-state index in [1.54, 1.807) is 0 Å². The van der Waals surface area contributed by atoms with Crippen LogP contribution in [0.25, 0.3) is 0 Å². The van der Waals surface area contributed by atoms with Crippen LogP contribution in [0.15, 0.2) is 4.99 Å². The van der Waals surface area contributed by atoms with Gasteiger partial charge in [0.05, 0.1) is 0 Å². The lowest BCUT2D eigenvalue weighted by atomic mass is 9.90. The number of rotatable bonds is 0. The predicted molar refractivity (Wildman–Crippen MR) is 54.2 cm³/mol. The highest BCUT2D eigenvalue weighted by atomic mass is 16.2. The molecule has 0 radical (unpaired) electrons. The third-order valence-electron chi connectivity index (χ3n) is 3.12. The first kappa shape index (κ1) is 9.45. The average Bonchev–Trinajstić information content (AvgIpc) is 2.31. The Morgan fingerprint density at radius 3 is 2.93 bits per heavy atom. The van der Waals surface area contributed by atoms with Gasteiger partial charge in [0.15, 0.2) is 0 Å². The smallest absolute Gasteiger partial charge is 0.343 e. The van der Waals surface area contributed by atoms with Crippen molar-refractivity contribution < 1.29 is 4.79 Å². The molecule has 0 bridgehead atoms. The van der Waals surface area contributed by atoms with Gasteiger partial charge in [-0.1, -0.05) is 0 Å². The van der Waals surface area contributed by atoms with Gasteiger partial charge in [-0.3, -0.25) is 0 Å². The number of nitrogens with one attached hydrogen (secondary N) is 1. The van der Waals surface area contributed by atoms with Crippen molar-refractivity contribution in [1.29, 1.82) is 0 Å². The van der Waals surface area contributed by atoms with E-state index in [0.29, 0.717) is 5.84 Å². The average molecular weight is 196 g/mol. The molecule has 3 N–H and O–H groups in total. The Hall–Kier alpha value is -1.10. The number of nitrogens with two attached hydrogens (primary N) is 1. The first-order valence-corrected chi connectivity index (χ1v) is 4.98. The van der Waals surface area contributed by atoms with Crippen LogP contribution in [0.3, 0.4) is 0 Å². The maximum Gasteiger partial charge on any atom is 0.343 e. The zero-order valence-electron chi connectivity index (χ0n) is 8.42. The summed E-state index contributed by atoms with van der Waals surface area (Å²) >= 11 is 0. The van der Waals surface area contributed by atoms with Gasteiger partial charge in [0.25, 0.3) is 0 Å². The van der Waals surface area contributed by atoms with Crippen LogP contribution in [0.2, 0.25) is 0 Å². The van der Waals surface area contributed by atoms with E-state index in [1.807, 2.05) is 0 Å². The standard InChI is InChI=1S/C9H16N4O/c1-13-5-2-3-9(4-6-13)7(10)11-8(14)12-9/h2-6H2,1H3,(H3,10,11,12,14). The predicted octanol–water partition coefficient (Wildman–Crippen LogP) is -0.0787. The molecule has 2 rings (SSSR count). The molecule has 1 fully saturated rings. The zero-order valence-corrected chi connectivity index (χ0v) is 8.42. The summed E-state index contributed by atoms with van der Waals surface area (Å²) in [6.45, 7) is 2.02. The van der Waals surface area contributed by atoms with Crippen molar-refractivity contribution in [3.8, 4) is 0 Å². The molecule has 5 heteroatoms. The number of urea groups is 1. The van der Waals surface area contributed by atoms with Crippen molar-refractivity contribution in [2.45, 2.75) is 24.8 Å². The highest BCUT2D eigenvalue weighted by Gasteiger charge is 2.41. The van der Waals surface area contributed by atoms with Gasteiger partial charge < -0.3 is 16.0 Å². The molecular formula is C9H16N4O. The minimum atomic E-state index is -0.345. The molecule has 14 heavy (non-hydrogen) atoms. The van der Waals surface area contributed by atoms with Gasteiger partial charge in [-0.2, -0.15) is 4.99 Å². The molecule has 1 saturated heterocycles. The Morgan fingerprint density at radius 1 is 1.50 bits per heavy atom. The largest absolute Gasteiger partial charge is 0.385 e. The molecule has 2 aliphatic heterocycles. The van der Waals surface area contributed by atoms with E-state index >= 15 is 0 Å². The maximum absolute atomic E-state index is 11.1. The molecule has 1 unspecified atom stereocenters. The number of aliphatic imine (C=N–C) groups is 1. The number of nitrogens with zero attached hydrogens (tertiary/aromatic N) is 2. The van der Waals surface area contributed by atoms with Crippen molar-refractivity contribution in [2.24, 2.45) is 10.7 Å². The van der Waals surface area contributed by atoms with Gasteiger partial charge in [0.2, 0.25) is 0 Å². The van der Waals surface area contributed by atoms with E-state index in [-0.39, 0.29) is 11.6 Å². The monoisotopic (exact) mass is 196 g/mol. The fourth-order valence-corrected chi connectivity index (χ4v) is 2.16.